The largest absolute Gasteiger partial charge is 0.288 e. The molecule has 0 aromatic rings. The molecule has 0 saturated carbocycles. The fourth-order valence-corrected chi connectivity index (χ4v) is 0.867. The molecule has 60 valence electrons. The Labute approximate surface area is 69.2 Å². The molecule has 0 unspecified atom stereocenters. The minimum absolute atomic E-state index is 0.0420. The maximum absolute atomic E-state index is 10.9. The van der Waals surface area contributed by atoms with E-state index in [1.807, 2.05) is 5.32 Å². The first-order valence-electron chi connectivity index (χ1n) is 3.24. The molecule has 1 rings (SSSR count). The minimum Gasteiger partial charge on any atom is -0.288 e. The Kier molecular flexibility index (Phi) is 1.80. The summed E-state index contributed by atoms with van der Waals surface area (Å²) in [7, 11) is 0. The maximum atomic E-state index is 10.9. The summed E-state index contributed by atoms with van der Waals surface area (Å²) in [6, 6.07) is 1.71. The van der Waals surface area contributed by atoms with Crippen LogP contribution in [0.5, 0.6) is 0 Å². The summed E-state index contributed by atoms with van der Waals surface area (Å²) < 4.78 is 0. The molecule has 0 saturated heterocycles. The van der Waals surface area contributed by atoms with E-state index in [-0.39, 0.29) is 11.1 Å². The van der Waals surface area contributed by atoms with E-state index < -0.39 is 11.8 Å². The predicted molar refractivity (Wildman–Crippen MR) is 40.6 cm³/mol. The fraction of sp³-hybridized carbons (Fsp3) is 0.125. The zero-order chi connectivity index (χ0) is 9.30. The number of rotatable bonds is 0. The molecule has 1 aliphatic heterocycles. The van der Waals surface area contributed by atoms with Gasteiger partial charge in [0.15, 0.2) is 0 Å². The number of carbonyl (C=O) groups excluding carboxylic acids is 2. The maximum Gasteiger partial charge on any atom is 0.269 e. The van der Waals surface area contributed by atoms with Crippen LogP contribution in [0.25, 0.3) is 0 Å². The Morgan fingerprint density at radius 3 is 2.50 bits per heavy atom. The van der Waals surface area contributed by atoms with Crippen LogP contribution >= 0.6 is 0 Å². The summed E-state index contributed by atoms with van der Waals surface area (Å²) in [5.41, 5.74) is 0.483. The summed E-state index contributed by atoms with van der Waals surface area (Å²) in [4.78, 5) is 21.8. The van der Waals surface area contributed by atoms with Crippen molar-refractivity contribution in [2.75, 3.05) is 0 Å². The van der Waals surface area contributed by atoms with Crippen LogP contribution in [0.15, 0.2) is 23.3 Å². The van der Waals surface area contributed by atoms with Crippen molar-refractivity contribution in [2.24, 2.45) is 0 Å². The molecule has 12 heavy (non-hydrogen) atoms. The number of nitrogens with zero attached hydrogens (tertiary/aromatic N) is 1. The van der Waals surface area contributed by atoms with Gasteiger partial charge in [-0.2, -0.15) is 5.26 Å². The fourth-order valence-electron chi connectivity index (χ4n) is 0.867. The molecular formula is C8H6N2O2. The lowest BCUT2D eigenvalue weighted by Crippen LogP contribution is -2.37. The van der Waals surface area contributed by atoms with Gasteiger partial charge in [0.2, 0.25) is 0 Å². The number of nitriles is 1. The number of carbonyl (C=O) groups is 2. The Balaban J connectivity index is 3.29. The second-order valence-corrected chi connectivity index (χ2v) is 2.37. The summed E-state index contributed by atoms with van der Waals surface area (Å²) in [6.45, 7) is 4.96. The van der Waals surface area contributed by atoms with Gasteiger partial charge in [0, 0.05) is 5.57 Å². The van der Waals surface area contributed by atoms with E-state index in [0.29, 0.717) is 5.57 Å². The molecule has 0 aromatic carbocycles. The molecule has 0 atom stereocenters. The molecule has 0 aromatic heterocycles. The topological polar surface area (TPSA) is 70.0 Å². The highest BCUT2D eigenvalue weighted by atomic mass is 16.2. The molecule has 0 spiro atoms. The number of amides is 2. The van der Waals surface area contributed by atoms with Crippen LogP contribution in [0.4, 0.5) is 0 Å². The van der Waals surface area contributed by atoms with Crippen molar-refractivity contribution >= 4 is 11.8 Å². The molecule has 0 bridgehead atoms. The van der Waals surface area contributed by atoms with Crippen LogP contribution in [0.1, 0.15) is 6.92 Å². The zero-order valence-corrected chi connectivity index (χ0v) is 6.47. The highest BCUT2D eigenvalue weighted by Crippen LogP contribution is 2.16. The lowest BCUT2D eigenvalue weighted by atomic mass is 9.99. The van der Waals surface area contributed by atoms with E-state index in [0.717, 1.165) is 0 Å². The van der Waals surface area contributed by atoms with Gasteiger partial charge in [0.1, 0.15) is 11.6 Å². The van der Waals surface area contributed by atoms with Crippen LogP contribution in [-0.2, 0) is 9.59 Å². The molecule has 0 aliphatic carbocycles. The number of hydrogen-bond acceptors (Lipinski definition) is 3. The standard InChI is InChI=1S/C8H6N2O2/c1-4-5(2)7(11)10-8(12)6(4)3-9/h2H2,1H3,(H,10,11,12). The van der Waals surface area contributed by atoms with Crippen molar-refractivity contribution in [3.63, 3.8) is 0 Å². The van der Waals surface area contributed by atoms with Gasteiger partial charge in [-0.15, -0.1) is 0 Å². The molecule has 1 N–H and O–H groups in total. The van der Waals surface area contributed by atoms with Crippen LogP contribution in [0.3, 0.4) is 0 Å². The first kappa shape index (κ1) is 8.21. The number of imide groups is 1. The molecule has 1 heterocycles. The normalized spacial score (nSPS) is 17.5. The van der Waals surface area contributed by atoms with Crippen LogP contribution < -0.4 is 5.32 Å². The van der Waals surface area contributed by atoms with Crippen molar-refractivity contribution < 1.29 is 9.59 Å². The van der Waals surface area contributed by atoms with Crippen LogP contribution in [0.2, 0.25) is 0 Å². The average Bonchev–Trinajstić information content (AvgIpc) is 2.01. The Morgan fingerprint density at radius 1 is 1.42 bits per heavy atom. The summed E-state index contributed by atoms with van der Waals surface area (Å²) in [5.74, 6) is -1.18. The average molecular weight is 162 g/mol. The Bertz CT molecular complexity index is 358. The van der Waals surface area contributed by atoms with E-state index >= 15 is 0 Å². The van der Waals surface area contributed by atoms with E-state index in [2.05, 4.69) is 6.58 Å². The third-order valence-corrected chi connectivity index (χ3v) is 1.67. The van der Waals surface area contributed by atoms with Crippen LogP contribution in [-0.4, -0.2) is 11.8 Å². The molecule has 2 amide bonds. The molecule has 4 nitrogen and oxygen atoms in total. The predicted octanol–water partition coefficient (Wildman–Crippen LogP) is 0.0391. The second-order valence-electron chi connectivity index (χ2n) is 2.37. The first-order chi connectivity index (χ1) is 5.57. The number of nitrogens with one attached hydrogen (secondary N) is 1. The van der Waals surface area contributed by atoms with Gasteiger partial charge in [-0.1, -0.05) is 6.58 Å². The lowest BCUT2D eigenvalue weighted by molar-refractivity contribution is -0.126. The Hall–Kier alpha value is -1.89. The summed E-state index contributed by atoms with van der Waals surface area (Å²) >= 11 is 0. The van der Waals surface area contributed by atoms with Crippen molar-refractivity contribution in [1.29, 1.82) is 5.26 Å². The van der Waals surface area contributed by atoms with Crippen molar-refractivity contribution in [2.45, 2.75) is 6.92 Å². The highest BCUT2D eigenvalue weighted by molar-refractivity contribution is 6.17. The third-order valence-electron chi connectivity index (χ3n) is 1.67. The van der Waals surface area contributed by atoms with Gasteiger partial charge in [-0.3, -0.25) is 14.9 Å². The monoisotopic (exact) mass is 162 g/mol. The quantitative estimate of drug-likeness (QED) is 0.404. The van der Waals surface area contributed by atoms with Crippen molar-refractivity contribution in [3.8, 4) is 6.07 Å². The Morgan fingerprint density at radius 2 is 2.00 bits per heavy atom. The molecule has 0 fully saturated rings. The van der Waals surface area contributed by atoms with E-state index in [9.17, 15) is 9.59 Å². The summed E-state index contributed by atoms with van der Waals surface area (Å²) in [6.07, 6.45) is 0. The van der Waals surface area contributed by atoms with Crippen LogP contribution in [0, 0.1) is 11.3 Å². The summed E-state index contributed by atoms with van der Waals surface area (Å²) in [5, 5.41) is 10.5. The second kappa shape index (κ2) is 2.62. The molecule has 1 aliphatic rings. The van der Waals surface area contributed by atoms with Gasteiger partial charge >= 0.3 is 0 Å². The van der Waals surface area contributed by atoms with Gasteiger partial charge < -0.3 is 0 Å². The molecular weight excluding hydrogens is 156 g/mol. The molecule has 4 heteroatoms. The van der Waals surface area contributed by atoms with Crippen molar-refractivity contribution in [1.82, 2.24) is 5.32 Å². The number of hydrogen-bond donors (Lipinski definition) is 1. The smallest absolute Gasteiger partial charge is 0.269 e. The SMILES string of the molecule is C=C1C(=O)NC(=O)C(C#N)=C1C. The van der Waals surface area contributed by atoms with E-state index in [1.165, 1.54) is 6.92 Å². The van der Waals surface area contributed by atoms with Crippen molar-refractivity contribution in [3.05, 3.63) is 23.3 Å². The van der Waals surface area contributed by atoms with Gasteiger partial charge in [0.25, 0.3) is 11.8 Å². The van der Waals surface area contributed by atoms with Gasteiger partial charge in [-0.25, -0.2) is 0 Å². The zero-order valence-electron chi connectivity index (χ0n) is 6.47. The van der Waals surface area contributed by atoms with Gasteiger partial charge in [0.05, 0.1) is 0 Å². The third kappa shape index (κ3) is 1.01. The lowest BCUT2D eigenvalue weighted by Gasteiger charge is -2.13. The van der Waals surface area contributed by atoms with E-state index in [4.69, 9.17) is 5.26 Å². The van der Waals surface area contributed by atoms with Gasteiger partial charge in [-0.05, 0) is 12.5 Å². The first-order valence-corrected chi connectivity index (χ1v) is 3.24. The minimum atomic E-state index is -0.646. The molecule has 0 radical (unpaired) electrons. The highest BCUT2D eigenvalue weighted by Gasteiger charge is 2.25. The van der Waals surface area contributed by atoms with E-state index in [1.54, 1.807) is 6.07 Å².